The summed E-state index contributed by atoms with van der Waals surface area (Å²) in [6.07, 6.45) is 7.52. The lowest BCUT2D eigenvalue weighted by atomic mass is 9.66. The monoisotopic (exact) mass is 210 g/mol. The Morgan fingerprint density at radius 3 is 2.53 bits per heavy atom. The van der Waals surface area contributed by atoms with Gasteiger partial charge in [0, 0.05) is 6.42 Å². The number of hydrogen-bond donors (Lipinski definition) is 0. The second-order valence-electron chi connectivity index (χ2n) is 6.01. The van der Waals surface area contributed by atoms with Gasteiger partial charge in [0.25, 0.3) is 0 Å². The van der Waals surface area contributed by atoms with Gasteiger partial charge >= 0.3 is 0 Å². The van der Waals surface area contributed by atoms with Crippen LogP contribution in [0.2, 0.25) is 0 Å². The fourth-order valence-electron chi connectivity index (χ4n) is 3.16. The summed E-state index contributed by atoms with van der Waals surface area (Å²) in [5, 5.41) is 0. The molecule has 0 amide bonds. The molecule has 1 rings (SSSR count). The van der Waals surface area contributed by atoms with Gasteiger partial charge in [-0.05, 0) is 37.0 Å². The van der Waals surface area contributed by atoms with E-state index < -0.39 is 0 Å². The Labute approximate surface area is 94.6 Å². The maximum absolute atomic E-state index is 11.3. The average molecular weight is 210 g/mol. The van der Waals surface area contributed by atoms with Crippen molar-refractivity contribution in [3.8, 4) is 0 Å². The fourth-order valence-corrected chi connectivity index (χ4v) is 3.16. The highest BCUT2D eigenvalue weighted by atomic mass is 16.1. The predicted octanol–water partition coefficient (Wildman–Crippen LogP) is 4.21. The lowest BCUT2D eigenvalue weighted by Gasteiger charge is -2.39. The van der Waals surface area contributed by atoms with Crippen LogP contribution in [-0.2, 0) is 4.79 Å². The highest BCUT2D eigenvalue weighted by Crippen LogP contribution is 2.43. The van der Waals surface area contributed by atoms with Crippen LogP contribution in [0.3, 0.4) is 0 Å². The summed E-state index contributed by atoms with van der Waals surface area (Å²) in [6, 6.07) is 0. The highest BCUT2D eigenvalue weighted by Gasteiger charge is 2.34. The van der Waals surface area contributed by atoms with E-state index in [2.05, 4.69) is 20.8 Å². The van der Waals surface area contributed by atoms with Gasteiger partial charge in [0.1, 0.15) is 5.78 Å². The molecule has 2 atom stereocenters. The van der Waals surface area contributed by atoms with Crippen LogP contribution in [0.4, 0.5) is 0 Å². The van der Waals surface area contributed by atoms with Crippen molar-refractivity contribution in [3.63, 3.8) is 0 Å². The standard InChI is InChI=1S/C14H26O/c1-5-12-7-6-8-13(9-12)14(3,4)10-11(2)15/h12-13H,5-10H2,1-4H3. The van der Waals surface area contributed by atoms with Crippen LogP contribution in [0.25, 0.3) is 0 Å². The van der Waals surface area contributed by atoms with E-state index in [-0.39, 0.29) is 5.41 Å². The molecule has 0 bridgehead atoms. The molecule has 1 aliphatic carbocycles. The first-order valence-corrected chi connectivity index (χ1v) is 6.45. The van der Waals surface area contributed by atoms with Crippen LogP contribution in [0, 0.1) is 17.3 Å². The highest BCUT2D eigenvalue weighted by molar-refractivity contribution is 5.76. The topological polar surface area (TPSA) is 17.1 Å². The first-order valence-electron chi connectivity index (χ1n) is 6.45. The first-order chi connectivity index (χ1) is 6.95. The van der Waals surface area contributed by atoms with Gasteiger partial charge < -0.3 is 4.79 Å². The Hall–Kier alpha value is -0.330. The molecule has 0 spiro atoms. The van der Waals surface area contributed by atoms with E-state index >= 15 is 0 Å². The van der Waals surface area contributed by atoms with Gasteiger partial charge in [0.2, 0.25) is 0 Å². The number of rotatable bonds is 4. The molecule has 1 fully saturated rings. The molecule has 0 aromatic heterocycles. The molecule has 0 aliphatic heterocycles. The molecule has 88 valence electrons. The van der Waals surface area contributed by atoms with Gasteiger partial charge in [-0.2, -0.15) is 0 Å². The van der Waals surface area contributed by atoms with Crippen molar-refractivity contribution in [1.29, 1.82) is 0 Å². The maximum Gasteiger partial charge on any atom is 0.130 e. The van der Waals surface area contributed by atoms with Crippen molar-refractivity contribution < 1.29 is 4.79 Å². The summed E-state index contributed by atoms with van der Waals surface area (Å²) in [7, 11) is 0. The number of Topliss-reactive ketones (excluding diaryl/α,β-unsaturated/α-hetero) is 1. The van der Waals surface area contributed by atoms with Crippen molar-refractivity contribution in [3.05, 3.63) is 0 Å². The average Bonchev–Trinajstić information content (AvgIpc) is 2.16. The molecule has 0 aromatic carbocycles. The van der Waals surface area contributed by atoms with E-state index in [4.69, 9.17) is 0 Å². The summed E-state index contributed by atoms with van der Waals surface area (Å²) >= 11 is 0. The summed E-state index contributed by atoms with van der Waals surface area (Å²) in [5.74, 6) is 2.02. The molecule has 2 unspecified atom stereocenters. The van der Waals surface area contributed by atoms with Gasteiger partial charge in [-0.1, -0.05) is 40.0 Å². The van der Waals surface area contributed by atoms with E-state index in [0.29, 0.717) is 5.78 Å². The maximum atomic E-state index is 11.3. The molecule has 0 N–H and O–H groups in total. The third-order valence-electron chi connectivity index (χ3n) is 4.17. The molecule has 0 radical (unpaired) electrons. The van der Waals surface area contributed by atoms with Crippen molar-refractivity contribution in [1.82, 2.24) is 0 Å². The number of hydrogen-bond acceptors (Lipinski definition) is 1. The Bertz CT molecular complexity index is 217. The molecule has 0 saturated heterocycles. The van der Waals surface area contributed by atoms with E-state index in [1.807, 2.05) is 0 Å². The molecule has 1 nitrogen and oxygen atoms in total. The zero-order chi connectivity index (χ0) is 11.5. The second-order valence-corrected chi connectivity index (χ2v) is 6.01. The SMILES string of the molecule is CCC1CCCC(C(C)(C)CC(C)=O)C1. The molecule has 0 aromatic rings. The van der Waals surface area contributed by atoms with Crippen LogP contribution < -0.4 is 0 Å². The summed E-state index contributed by atoms with van der Waals surface area (Å²) < 4.78 is 0. The first kappa shape index (κ1) is 12.7. The summed E-state index contributed by atoms with van der Waals surface area (Å²) in [6.45, 7) is 8.57. The van der Waals surface area contributed by atoms with Gasteiger partial charge in [-0.3, -0.25) is 0 Å². The zero-order valence-electron chi connectivity index (χ0n) is 10.8. The van der Waals surface area contributed by atoms with Crippen LogP contribution in [-0.4, -0.2) is 5.78 Å². The Balaban J connectivity index is 2.57. The molecule has 0 heterocycles. The third kappa shape index (κ3) is 3.62. The Kier molecular flexibility index (Phi) is 4.36. The second kappa shape index (κ2) is 5.14. The minimum atomic E-state index is 0.222. The lowest BCUT2D eigenvalue weighted by molar-refractivity contribution is -0.119. The molecular weight excluding hydrogens is 184 g/mol. The quantitative estimate of drug-likeness (QED) is 0.679. The van der Waals surface area contributed by atoms with Crippen LogP contribution in [0.1, 0.15) is 66.2 Å². The van der Waals surface area contributed by atoms with Crippen LogP contribution in [0.15, 0.2) is 0 Å². The third-order valence-corrected chi connectivity index (χ3v) is 4.17. The van der Waals surface area contributed by atoms with Gasteiger partial charge in [0.15, 0.2) is 0 Å². The van der Waals surface area contributed by atoms with Gasteiger partial charge in [-0.15, -0.1) is 0 Å². The van der Waals surface area contributed by atoms with E-state index in [0.717, 1.165) is 18.3 Å². The van der Waals surface area contributed by atoms with Crippen molar-refractivity contribution in [2.45, 2.75) is 66.2 Å². The number of carbonyl (C=O) groups is 1. The van der Waals surface area contributed by atoms with E-state index in [9.17, 15) is 4.79 Å². The van der Waals surface area contributed by atoms with Gasteiger partial charge in [0.05, 0.1) is 0 Å². The zero-order valence-corrected chi connectivity index (χ0v) is 10.8. The predicted molar refractivity (Wildman–Crippen MR) is 64.8 cm³/mol. The smallest absolute Gasteiger partial charge is 0.130 e. The van der Waals surface area contributed by atoms with Crippen LogP contribution in [0.5, 0.6) is 0 Å². The normalized spacial score (nSPS) is 27.7. The Morgan fingerprint density at radius 2 is 2.00 bits per heavy atom. The molecule has 1 saturated carbocycles. The van der Waals surface area contributed by atoms with E-state index in [1.54, 1.807) is 6.92 Å². The van der Waals surface area contributed by atoms with E-state index in [1.165, 1.54) is 32.1 Å². The Morgan fingerprint density at radius 1 is 1.33 bits per heavy atom. The number of carbonyl (C=O) groups excluding carboxylic acids is 1. The minimum Gasteiger partial charge on any atom is -0.300 e. The minimum absolute atomic E-state index is 0.222. The van der Waals surface area contributed by atoms with Crippen molar-refractivity contribution in [2.24, 2.45) is 17.3 Å². The number of ketones is 1. The largest absolute Gasteiger partial charge is 0.300 e. The fraction of sp³-hybridized carbons (Fsp3) is 0.929. The lowest BCUT2D eigenvalue weighted by Crippen LogP contribution is -2.30. The summed E-state index contributed by atoms with van der Waals surface area (Å²) in [4.78, 5) is 11.3. The van der Waals surface area contributed by atoms with Crippen molar-refractivity contribution >= 4 is 5.78 Å². The van der Waals surface area contributed by atoms with Crippen LogP contribution >= 0.6 is 0 Å². The van der Waals surface area contributed by atoms with Gasteiger partial charge in [-0.25, -0.2) is 0 Å². The van der Waals surface area contributed by atoms with Crippen molar-refractivity contribution in [2.75, 3.05) is 0 Å². The molecule has 1 heteroatoms. The summed E-state index contributed by atoms with van der Waals surface area (Å²) in [5.41, 5.74) is 0.222. The molecule has 15 heavy (non-hydrogen) atoms. The molecule has 1 aliphatic rings. The molecular formula is C14H26O.